The monoisotopic (exact) mass is 316 g/mol. The van der Waals surface area contributed by atoms with Gasteiger partial charge in [-0.15, -0.1) is 0 Å². The predicted molar refractivity (Wildman–Crippen MR) is 80.6 cm³/mol. The molecule has 0 aromatic heterocycles. The van der Waals surface area contributed by atoms with Gasteiger partial charge in [0, 0.05) is 5.56 Å². The van der Waals surface area contributed by atoms with Crippen LogP contribution in [0.2, 0.25) is 0 Å². The van der Waals surface area contributed by atoms with Crippen LogP contribution in [0.4, 0.5) is 8.78 Å². The van der Waals surface area contributed by atoms with Gasteiger partial charge in [0.2, 0.25) is 0 Å². The molecule has 116 valence electrons. The van der Waals surface area contributed by atoms with Gasteiger partial charge in [-0.05, 0) is 31.0 Å². The molecule has 0 aliphatic carbocycles. The number of rotatable bonds is 7. The molecule has 1 aromatic carbocycles. The topological polar surface area (TPSA) is 64.3 Å². The van der Waals surface area contributed by atoms with Crippen molar-refractivity contribution in [1.82, 2.24) is 5.32 Å². The van der Waals surface area contributed by atoms with Crippen molar-refractivity contribution in [3.8, 4) is 5.75 Å². The Labute approximate surface area is 127 Å². The fourth-order valence-electron chi connectivity index (χ4n) is 1.94. The molecule has 4 nitrogen and oxygen atoms in total. The third-order valence-corrected chi connectivity index (χ3v) is 3.74. The quantitative estimate of drug-likeness (QED) is 0.759. The maximum atomic E-state index is 12.3. The van der Waals surface area contributed by atoms with Gasteiger partial charge < -0.3 is 15.8 Å². The molecule has 1 amide bonds. The Hall–Kier alpha value is -1.76. The molecule has 0 unspecified atom stereocenters. The minimum absolute atomic E-state index is 0.0772. The van der Waals surface area contributed by atoms with E-state index in [1.807, 2.05) is 13.8 Å². The second-order valence-corrected chi connectivity index (χ2v) is 4.95. The highest BCUT2D eigenvalue weighted by atomic mass is 32.1. The lowest BCUT2D eigenvalue weighted by molar-refractivity contribution is -0.0498. The van der Waals surface area contributed by atoms with Crippen molar-refractivity contribution in [3.63, 3.8) is 0 Å². The van der Waals surface area contributed by atoms with Gasteiger partial charge in [-0.1, -0.05) is 32.1 Å². The van der Waals surface area contributed by atoms with Crippen molar-refractivity contribution < 1.29 is 18.3 Å². The maximum Gasteiger partial charge on any atom is 0.387 e. The van der Waals surface area contributed by atoms with E-state index in [9.17, 15) is 13.6 Å². The van der Waals surface area contributed by atoms with Crippen molar-refractivity contribution in [2.24, 2.45) is 5.73 Å². The zero-order valence-electron chi connectivity index (χ0n) is 11.9. The molecule has 0 aliphatic rings. The molecule has 0 bridgehead atoms. The van der Waals surface area contributed by atoms with E-state index in [0.29, 0.717) is 12.8 Å². The number of ether oxygens (including phenoxy) is 1. The molecule has 0 fully saturated rings. The van der Waals surface area contributed by atoms with Gasteiger partial charge in [-0.3, -0.25) is 4.79 Å². The van der Waals surface area contributed by atoms with E-state index in [-0.39, 0.29) is 16.3 Å². The van der Waals surface area contributed by atoms with Gasteiger partial charge in [-0.25, -0.2) is 0 Å². The Bertz CT molecular complexity index is 519. The van der Waals surface area contributed by atoms with Crippen molar-refractivity contribution in [2.75, 3.05) is 0 Å². The fraction of sp³-hybridized carbons (Fsp3) is 0.429. The number of benzene rings is 1. The molecule has 3 N–H and O–H groups in total. The van der Waals surface area contributed by atoms with E-state index in [0.717, 1.165) is 0 Å². The van der Waals surface area contributed by atoms with Crippen molar-refractivity contribution in [1.29, 1.82) is 0 Å². The number of nitrogens with one attached hydrogen (secondary N) is 1. The molecule has 1 aromatic rings. The van der Waals surface area contributed by atoms with Crippen molar-refractivity contribution >= 4 is 23.1 Å². The fourth-order valence-corrected chi connectivity index (χ4v) is 2.28. The number of amides is 1. The summed E-state index contributed by atoms with van der Waals surface area (Å²) in [6.45, 7) is 0.781. The molecule has 0 saturated heterocycles. The molecule has 0 aliphatic heterocycles. The van der Waals surface area contributed by atoms with Crippen LogP contribution in [-0.2, 0) is 0 Å². The minimum atomic E-state index is -2.94. The van der Waals surface area contributed by atoms with Crippen LogP contribution in [-0.4, -0.2) is 23.0 Å². The third-order valence-electron chi connectivity index (χ3n) is 3.35. The highest BCUT2D eigenvalue weighted by Crippen LogP contribution is 2.19. The Morgan fingerprint density at radius 3 is 2.52 bits per heavy atom. The molecular weight excluding hydrogens is 298 g/mol. The SMILES string of the molecule is CCC(CC)(NC(=O)c1cccc(OC(F)F)c1)C(N)=S. The lowest BCUT2D eigenvalue weighted by Crippen LogP contribution is -2.55. The van der Waals surface area contributed by atoms with Crippen LogP contribution in [0.1, 0.15) is 37.0 Å². The highest BCUT2D eigenvalue weighted by molar-refractivity contribution is 7.80. The van der Waals surface area contributed by atoms with E-state index >= 15 is 0 Å². The summed E-state index contributed by atoms with van der Waals surface area (Å²) in [5.41, 5.74) is 5.13. The lowest BCUT2D eigenvalue weighted by atomic mass is 9.92. The maximum absolute atomic E-state index is 12.3. The zero-order chi connectivity index (χ0) is 16.0. The number of hydrogen-bond acceptors (Lipinski definition) is 3. The number of halogens is 2. The van der Waals surface area contributed by atoms with E-state index in [4.69, 9.17) is 18.0 Å². The van der Waals surface area contributed by atoms with Crippen LogP contribution in [0, 0.1) is 0 Å². The van der Waals surface area contributed by atoms with E-state index < -0.39 is 18.1 Å². The molecule has 21 heavy (non-hydrogen) atoms. The van der Waals surface area contributed by atoms with E-state index in [2.05, 4.69) is 10.1 Å². The van der Waals surface area contributed by atoms with Crippen molar-refractivity contribution in [2.45, 2.75) is 38.8 Å². The first kappa shape index (κ1) is 17.3. The number of nitrogens with two attached hydrogens (primary N) is 1. The summed E-state index contributed by atoms with van der Waals surface area (Å²) < 4.78 is 28.6. The summed E-state index contributed by atoms with van der Waals surface area (Å²) in [6.07, 6.45) is 1.08. The summed E-state index contributed by atoms with van der Waals surface area (Å²) >= 11 is 5.02. The highest BCUT2D eigenvalue weighted by Gasteiger charge is 2.31. The van der Waals surface area contributed by atoms with Crippen molar-refractivity contribution in [3.05, 3.63) is 29.8 Å². The predicted octanol–water partition coefficient (Wildman–Crippen LogP) is 2.86. The average molecular weight is 316 g/mol. The summed E-state index contributed by atoms with van der Waals surface area (Å²) in [6, 6.07) is 5.57. The van der Waals surface area contributed by atoms with Gasteiger partial charge in [0.1, 0.15) is 5.75 Å². The summed E-state index contributed by atoms with van der Waals surface area (Å²) in [4.78, 5) is 12.4. The second-order valence-electron chi connectivity index (χ2n) is 4.51. The molecule has 1 rings (SSSR count). The van der Waals surface area contributed by atoms with Crippen LogP contribution >= 0.6 is 12.2 Å². The van der Waals surface area contributed by atoms with Crippen LogP contribution in [0.25, 0.3) is 0 Å². The normalized spacial score (nSPS) is 11.3. The smallest absolute Gasteiger partial charge is 0.387 e. The van der Waals surface area contributed by atoms with E-state index in [1.54, 1.807) is 0 Å². The number of carbonyl (C=O) groups is 1. The number of thiocarbonyl (C=S) groups is 1. The Morgan fingerprint density at radius 2 is 2.05 bits per heavy atom. The summed E-state index contributed by atoms with van der Waals surface area (Å²) in [5.74, 6) is -0.516. The first-order valence-electron chi connectivity index (χ1n) is 6.52. The lowest BCUT2D eigenvalue weighted by Gasteiger charge is -2.31. The standard InChI is InChI=1S/C14H18F2N2O2S/c1-3-14(4-2,12(17)21)18-11(19)9-6-5-7-10(8-9)20-13(15)16/h5-8,13H,3-4H2,1-2H3,(H2,17,21)(H,18,19). The second kappa shape index (κ2) is 7.31. The Kier molecular flexibility index (Phi) is 6.02. The zero-order valence-corrected chi connectivity index (χ0v) is 12.7. The van der Waals surface area contributed by atoms with Gasteiger partial charge in [0.25, 0.3) is 5.91 Å². The molecule has 7 heteroatoms. The number of alkyl halides is 2. The summed E-state index contributed by atoms with van der Waals surface area (Å²) in [7, 11) is 0. The molecule has 0 radical (unpaired) electrons. The number of carbonyl (C=O) groups excluding carboxylic acids is 1. The van der Waals surface area contributed by atoms with Gasteiger partial charge >= 0.3 is 6.61 Å². The summed E-state index contributed by atoms with van der Waals surface area (Å²) in [5, 5.41) is 2.78. The average Bonchev–Trinajstić information content (AvgIpc) is 2.44. The van der Waals surface area contributed by atoms with Gasteiger partial charge in [-0.2, -0.15) is 8.78 Å². The van der Waals surface area contributed by atoms with Crippen LogP contribution < -0.4 is 15.8 Å². The first-order chi connectivity index (χ1) is 9.84. The molecule has 0 saturated carbocycles. The largest absolute Gasteiger partial charge is 0.435 e. The Balaban J connectivity index is 2.95. The minimum Gasteiger partial charge on any atom is -0.435 e. The van der Waals surface area contributed by atoms with Crippen LogP contribution in [0.5, 0.6) is 5.75 Å². The van der Waals surface area contributed by atoms with Crippen LogP contribution in [0.15, 0.2) is 24.3 Å². The van der Waals surface area contributed by atoms with Gasteiger partial charge in [0.05, 0.1) is 10.5 Å². The molecule has 0 atom stereocenters. The molecule has 0 heterocycles. The third kappa shape index (κ3) is 4.35. The first-order valence-corrected chi connectivity index (χ1v) is 6.92. The van der Waals surface area contributed by atoms with E-state index in [1.165, 1.54) is 24.3 Å². The molecule has 0 spiro atoms. The molecular formula is C14H18F2N2O2S. The Morgan fingerprint density at radius 1 is 1.43 bits per heavy atom. The number of hydrogen-bond donors (Lipinski definition) is 2. The van der Waals surface area contributed by atoms with Gasteiger partial charge in [0.15, 0.2) is 0 Å². The van der Waals surface area contributed by atoms with Crippen LogP contribution in [0.3, 0.4) is 0 Å².